The fourth-order valence-electron chi connectivity index (χ4n) is 2.84. The van der Waals surface area contributed by atoms with Gasteiger partial charge in [-0.3, -0.25) is 9.59 Å². The van der Waals surface area contributed by atoms with Gasteiger partial charge in [0.25, 0.3) is 5.56 Å². The van der Waals surface area contributed by atoms with E-state index in [2.05, 4.69) is 15.3 Å². The predicted octanol–water partition coefficient (Wildman–Crippen LogP) is 3.78. The predicted molar refractivity (Wildman–Crippen MR) is 103 cm³/mol. The van der Waals surface area contributed by atoms with Crippen molar-refractivity contribution in [2.75, 3.05) is 0 Å². The Labute approximate surface area is 156 Å². The average molecular weight is 370 g/mol. The Morgan fingerprint density at radius 2 is 2.04 bits per heavy atom. The van der Waals surface area contributed by atoms with E-state index in [0.717, 1.165) is 5.56 Å². The minimum atomic E-state index is -0.148. The van der Waals surface area contributed by atoms with E-state index < -0.39 is 0 Å². The minimum absolute atomic E-state index is 0.0411. The van der Waals surface area contributed by atoms with E-state index in [4.69, 9.17) is 11.6 Å². The first-order valence-electron chi connectivity index (χ1n) is 8.55. The van der Waals surface area contributed by atoms with Gasteiger partial charge >= 0.3 is 0 Å². The number of carbonyl (C=O) groups is 1. The lowest BCUT2D eigenvalue weighted by molar-refractivity contribution is -0.121. The second kappa shape index (κ2) is 8.15. The summed E-state index contributed by atoms with van der Waals surface area (Å²) in [7, 11) is 0. The Bertz CT molecular complexity index is 984. The van der Waals surface area contributed by atoms with Crippen molar-refractivity contribution in [1.29, 1.82) is 0 Å². The number of aromatic amines is 1. The van der Waals surface area contributed by atoms with Crippen LogP contribution in [0, 0.1) is 0 Å². The number of carbonyl (C=O) groups excluding carboxylic acids is 1. The number of hydrogen-bond donors (Lipinski definition) is 2. The van der Waals surface area contributed by atoms with E-state index in [1.54, 1.807) is 12.1 Å². The van der Waals surface area contributed by atoms with Crippen LogP contribution >= 0.6 is 11.6 Å². The van der Waals surface area contributed by atoms with Crippen LogP contribution in [0.15, 0.2) is 53.3 Å². The summed E-state index contributed by atoms with van der Waals surface area (Å²) in [6.07, 6.45) is 1.51. The molecule has 0 radical (unpaired) electrons. The maximum absolute atomic E-state index is 12.1. The lowest BCUT2D eigenvalue weighted by Crippen LogP contribution is -2.26. The smallest absolute Gasteiger partial charge is 0.258 e. The van der Waals surface area contributed by atoms with Crippen molar-refractivity contribution in [3.8, 4) is 0 Å². The van der Waals surface area contributed by atoms with Crippen molar-refractivity contribution in [1.82, 2.24) is 15.3 Å². The number of benzene rings is 2. The lowest BCUT2D eigenvalue weighted by Gasteiger charge is -2.14. The first kappa shape index (κ1) is 18.1. The zero-order valence-electron chi connectivity index (χ0n) is 14.5. The molecule has 0 fully saturated rings. The Hall–Kier alpha value is -2.66. The molecule has 1 amide bonds. The number of aromatic nitrogens is 2. The van der Waals surface area contributed by atoms with E-state index in [1.807, 2.05) is 43.3 Å². The molecule has 1 atom stereocenters. The van der Waals surface area contributed by atoms with Crippen molar-refractivity contribution in [2.45, 2.75) is 32.2 Å². The molecule has 0 saturated heterocycles. The van der Waals surface area contributed by atoms with E-state index in [0.29, 0.717) is 41.0 Å². The summed E-state index contributed by atoms with van der Waals surface area (Å²) in [5.41, 5.74) is 1.49. The first-order valence-corrected chi connectivity index (χ1v) is 8.93. The summed E-state index contributed by atoms with van der Waals surface area (Å²) in [5.74, 6) is 0.560. The van der Waals surface area contributed by atoms with Crippen LogP contribution in [-0.4, -0.2) is 15.9 Å². The van der Waals surface area contributed by atoms with Gasteiger partial charge in [-0.1, -0.05) is 35.9 Å². The zero-order chi connectivity index (χ0) is 18.5. The van der Waals surface area contributed by atoms with Crippen LogP contribution in [0.1, 0.15) is 37.2 Å². The molecule has 3 aromatic rings. The number of nitrogens with one attached hydrogen (secondary N) is 2. The second-order valence-electron chi connectivity index (χ2n) is 6.23. The van der Waals surface area contributed by atoms with Gasteiger partial charge < -0.3 is 10.3 Å². The fraction of sp³-hybridized carbons (Fsp3) is 0.250. The van der Waals surface area contributed by atoms with Crippen LogP contribution < -0.4 is 10.9 Å². The van der Waals surface area contributed by atoms with E-state index in [9.17, 15) is 9.59 Å². The lowest BCUT2D eigenvalue weighted by atomic mass is 10.1. The third kappa shape index (κ3) is 4.49. The van der Waals surface area contributed by atoms with Gasteiger partial charge in [-0.15, -0.1) is 0 Å². The van der Waals surface area contributed by atoms with Gasteiger partial charge in [-0.2, -0.15) is 0 Å². The molecule has 5 nitrogen and oxygen atoms in total. The third-order valence-corrected chi connectivity index (χ3v) is 4.44. The largest absolute Gasteiger partial charge is 0.350 e. The van der Waals surface area contributed by atoms with Crippen LogP contribution in [-0.2, 0) is 11.2 Å². The number of fused-ring (bicyclic) bond motifs is 1. The number of aryl methyl sites for hydroxylation is 1. The molecule has 0 aliphatic heterocycles. The summed E-state index contributed by atoms with van der Waals surface area (Å²) in [6, 6.07) is 14.5. The van der Waals surface area contributed by atoms with Gasteiger partial charge in [0.1, 0.15) is 5.82 Å². The highest BCUT2D eigenvalue weighted by Crippen LogP contribution is 2.17. The molecule has 0 aliphatic rings. The number of nitrogens with zero attached hydrogens (tertiary/aromatic N) is 1. The topological polar surface area (TPSA) is 74.8 Å². The molecule has 3 rings (SSSR count). The average Bonchev–Trinajstić information content (AvgIpc) is 2.62. The Morgan fingerprint density at radius 3 is 2.85 bits per heavy atom. The van der Waals surface area contributed by atoms with Gasteiger partial charge in [0.05, 0.1) is 16.9 Å². The molecule has 0 spiro atoms. The number of amides is 1. The molecule has 1 heterocycles. The molecule has 134 valence electrons. The maximum Gasteiger partial charge on any atom is 0.258 e. The molecule has 6 heteroatoms. The van der Waals surface area contributed by atoms with E-state index in [-0.39, 0.29) is 17.5 Å². The van der Waals surface area contributed by atoms with Crippen LogP contribution in [0.5, 0.6) is 0 Å². The maximum atomic E-state index is 12.1. The fourth-order valence-corrected chi connectivity index (χ4v) is 3.04. The molecule has 0 unspecified atom stereocenters. The van der Waals surface area contributed by atoms with Gasteiger partial charge in [0.2, 0.25) is 5.91 Å². The number of halogens is 1. The Kier molecular flexibility index (Phi) is 5.68. The summed E-state index contributed by atoms with van der Waals surface area (Å²) in [5, 5.41) is 4.18. The van der Waals surface area contributed by atoms with Gasteiger partial charge in [-0.05, 0) is 43.2 Å². The molecular weight excluding hydrogens is 350 g/mol. The molecule has 2 aromatic carbocycles. The van der Waals surface area contributed by atoms with Crippen molar-refractivity contribution in [2.24, 2.45) is 0 Å². The minimum Gasteiger partial charge on any atom is -0.350 e. The van der Waals surface area contributed by atoms with Gasteiger partial charge in [0.15, 0.2) is 0 Å². The molecular formula is C20H20ClN3O2. The van der Waals surface area contributed by atoms with Crippen LogP contribution in [0.2, 0.25) is 5.02 Å². The van der Waals surface area contributed by atoms with Gasteiger partial charge in [0, 0.05) is 17.9 Å². The number of H-pyrrole nitrogens is 1. The quantitative estimate of drug-likeness (QED) is 0.694. The summed E-state index contributed by atoms with van der Waals surface area (Å²) < 4.78 is 0. The molecule has 0 saturated carbocycles. The molecule has 2 N–H and O–H groups in total. The van der Waals surface area contributed by atoms with E-state index >= 15 is 0 Å². The standard InChI is InChI=1S/C20H20ClN3O2/c1-13(14-6-4-7-15(21)12-14)22-19(25)11-5-10-18-23-17-9-3-2-8-16(17)20(26)24-18/h2-4,6-9,12-13H,5,10-11H2,1H3,(H,22,25)(H,23,24,26)/t13-/m1/s1. The Morgan fingerprint density at radius 1 is 1.23 bits per heavy atom. The SMILES string of the molecule is C[C@@H](NC(=O)CCCc1nc2ccccc2c(=O)[nH]1)c1cccc(Cl)c1. The highest BCUT2D eigenvalue weighted by atomic mass is 35.5. The normalized spacial score (nSPS) is 12.1. The van der Waals surface area contributed by atoms with E-state index in [1.165, 1.54) is 0 Å². The molecule has 0 aliphatic carbocycles. The van der Waals surface area contributed by atoms with Crippen molar-refractivity contribution in [3.63, 3.8) is 0 Å². The van der Waals surface area contributed by atoms with Crippen molar-refractivity contribution >= 4 is 28.4 Å². The summed E-state index contributed by atoms with van der Waals surface area (Å²) >= 11 is 5.98. The first-order chi connectivity index (χ1) is 12.5. The van der Waals surface area contributed by atoms with Crippen LogP contribution in [0.4, 0.5) is 0 Å². The second-order valence-corrected chi connectivity index (χ2v) is 6.66. The third-order valence-electron chi connectivity index (χ3n) is 4.21. The monoisotopic (exact) mass is 369 g/mol. The van der Waals surface area contributed by atoms with Gasteiger partial charge in [-0.25, -0.2) is 4.98 Å². The zero-order valence-corrected chi connectivity index (χ0v) is 15.2. The molecule has 1 aromatic heterocycles. The van der Waals surface area contributed by atoms with Crippen LogP contribution in [0.3, 0.4) is 0 Å². The summed E-state index contributed by atoms with van der Waals surface area (Å²) in [6.45, 7) is 1.92. The number of para-hydroxylation sites is 1. The van der Waals surface area contributed by atoms with Crippen LogP contribution in [0.25, 0.3) is 10.9 Å². The summed E-state index contributed by atoms with van der Waals surface area (Å²) in [4.78, 5) is 31.4. The highest BCUT2D eigenvalue weighted by Gasteiger charge is 2.10. The number of rotatable bonds is 6. The molecule has 0 bridgehead atoms. The molecule has 26 heavy (non-hydrogen) atoms. The van der Waals surface area contributed by atoms with Crippen molar-refractivity contribution in [3.05, 3.63) is 75.3 Å². The van der Waals surface area contributed by atoms with Crippen molar-refractivity contribution < 1.29 is 4.79 Å². The Balaban J connectivity index is 1.54. The highest BCUT2D eigenvalue weighted by molar-refractivity contribution is 6.30. The number of hydrogen-bond acceptors (Lipinski definition) is 3.